The largest absolute Gasteiger partial charge is 0.497 e. The van der Waals surface area contributed by atoms with Crippen LogP contribution >= 0.6 is 0 Å². The molecule has 3 rings (SSSR count). The van der Waals surface area contributed by atoms with E-state index >= 15 is 0 Å². The zero-order valence-corrected chi connectivity index (χ0v) is 20.5. The molecule has 0 spiro atoms. The number of anilines is 1. The fourth-order valence-corrected chi connectivity index (χ4v) is 4.72. The number of carbonyl (C=O) groups excluding carboxylic acids is 1. The Kier molecular flexibility index (Phi) is 8.19. The number of nitro groups is 1. The van der Waals surface area contributed by atoms with Gasteiger partial charge in [-0.3, -0.25) is 19.2 Å². The summed E-state index contributed by atoms with van der Waals surface area (Å²) in [6, 6.07) is 15.2. The number of rotatable bonds is 10. The number of sulfonamides is 1. The van der Waals surface area contributed by atoms with Crippen molar-refractivity contribution in [2.75, 3.05) is 18.0 Å². The molecule has 0 saturated heterocycles. The molecule has 3 aromatic carbocycles. The third kappa shape index (κ3) is 6.27. The number of hydrogen-bond donors (Lipinski definition) is 2. The number of hydrogen-bond acceptors (Lipinski definition) is 8. The maximum absolute atomic E-state index is 13.5. The van der Waals surface area contributed by atoms with Crippen molar-refractivity contribution < 1.29 is 32.8 Å². The van der Waals surface area contributed by atoms with Gasteiger partial charge in [0.2, 0.25) is 0 Å². The van der Waals surface area contributed by atoms with Crippen LogP contribution in [0.1, 0.15) is 21.5 Å². The third-order valence-corrected chi connectivity index (χ3v) is 6.97. The molecule has 0 radical (unpaired) electrons. The van der Waals surface area contributed by atoms with Crippen molar-refractivity contribution in [3.63, 3.8) is 0 Å². The minimum Gasteiger partial charge on any atom is -0.497 e. The summed E-state index contributed by atoms with van der Waals surface area (Å²) in [5.41, 5.74) is 2.35. The van der Waals surface area contributed by atoms with E-state index in [1.807, 2.05) is 0 Å². The Morgan fingerprint density at radius 3 is 2.43 bits per heavy atom. The topological polar surface area (TPSA) is 169 Å². The van der Waals surface area contributed by atoms with E-state index in [-0.39, 0.29) is 33.0 Å². The Balaban J connectivity index is 1.93. The number of aromatic carboxylic acids is 1. The van der Waals surface area contributed by atoms with Gasteiger partial charge in [-0.25, -0.2) is 18.6 Å². The first-order valence-corrected chi connectivity index (χ1v) is 12.0. The Hall–Kier alpha value is -4.78. The molecule has 0 saturated carbocycles. The predicted molar refractivity (Wildman–Crippen MR) is 134 cm³/mol. The number of hydrazone groups is 1. The van der Waals surface area contributed by atoms with Crippen LogP contribution in [0.3, 0.4) is 0 Å². The minimum atomic E-state index is -4.44. The van der Waals surface area contributed by atoms with Crippen LogP contribution in [0.4, 0.5) is 11.4 Å². The average molecular weight is 527 g/mol. The third-order valence-electron chi connectivity index (χ3n) is 5.20. The molecule has 0 aliphatic carbocycles. The van der Waals surface area contributed by atoms with Gasteiger partial charge in [0.1, 0.15) is 12.3 Å². The Morgan fingerprint density at radius 1 is 1.14 bits per heavy atom. The highest BCUT2D eigenvalue weighted by Crippen LogP contribution is 2.29. The number of nitrogens with zero attached hydrogens (tertiary/aromatic N) is 3. The van der Waals surface area contributed by atoms with E-state index in [1.54, 1.807) is 6.07 Å². The van der Waals surface area contributed by atoms with E-state index in [0.717, 1.165) is 16.6 Å². The van der Waals surface area contributed by atoms with Crippen LogP contribution in [0.25, 0.3) is 0 Å². The second kappa shape index (κ2) is 11.3. The van der Waals surface area contributed by atoms with Gasteiger partial charge in [-0.05, 0) is 43.3 Å². The molecule has 2 N–H and O–H groups in total. The maximum atomic E-state index is 13.5. The molecule has 12 nitrogen and oxygen atoms in total. The van der Waals surface area contributed by atoms with Gasteiger partial charge in [0.15, 0.2) is 0 Å². The Bertz CT molecular complexity index is 1470. The number of ether oxygens (including phenoxy) is 1. The van der Waals surface area contributed by atoms with Crippen LogP contribution in [-0.2, 0) is 14.8 Å². The lowest BCUT2D eigenvalue weighted by molar-refractivity contribution is -0.385. The SMILES string of the molecule is COc1ccc(N(CC(=O)N/N=C/c2ccccc2C(=O)O)S(=O)(=O)c2ccc(C)c([N+](=O)[O-])c2)cc1. The fourth-order valence-electron chi connectivity index (χ4n) is 3.28. The lowest BCUT2D eigenvalue weighted by Crippen LogP contribution is -2.39. The zero-order chi connectivity index (χ0) is 27.2. The second-order valence-corrected chi connectivity index (χ2v) is 9.46. The normalized spacial score (nSPS) is 11.2. The van der Waals surface area contributed by atoms with Gasteiger partial charge < -0.3 is 9.84 Å². The summed E-state index contributed by atoms with van der Waals surface area (Å²) in [4.78, 5) is 34.3. The molecule has 0 aliphatic rings. The van der Waals surface area contributed by atoms with E-state index in [1.165, 1.54) is 68.6 Å². The summed E-state index contributed by atoms with van der Waals surface area (Å²) in [6.07, 6.45) is 1.12. The number of nitrogens with one attached hydrogen (secondary N) is 1. The van der Waals surface area contributed by atoms with Crippen molar-refractivity contribution in [3.05, 3.63) is 93.5 Å². The lowest BCUT2D eigenvalue weighted by atomic mass is 10.1. The monoisotopic (exact) mass is 526 g/mol. The molecule has 0 atom stereocenters. The number of carboxylic acid groups (broad SMARTS) is 1. The van der Waals surface area contributed by atoms with Crippen molar-refractivity contribution >= 4 is 39.5 Å². The van der Waals surface area contributed by atoms with Crippen LogP contribution < -0.4 is 14.5 Å². The standard InChI is InChI=1S/C24H22N4O8S/c1-16-7-12-20(13-22(16)28(32)33)37(34,35)27(18-8-10-19(36-2)11-9-18)15-23(29)26-25-14-17-5-3-4-6-21(17)24(30)31/h3-14H,15H2,1-2H3,(H,26,29)(H,30,31)/b25-14+. The van der Waals surface area contributed by atoms with Gasteiger partial charge in [0.25, 0.3) is 21.6 Å². The molecule has 0 aliphatic heterocycles. The van der Waals surface area contributed by atoms with Gasteiger partial charge >= 0.3 is 5.97 Å². The predicted octanol–water partition coefficient (Wildman–Crippen LogP) is 2.96. The zero-order valence-electron chi connectivity index (χ0n) is 19.7. The first kappa shape index (κ1) is 26.8. The van der Waals surface area contributed by atoms with Crippen molar-refractivity contribution in [3.8, 4) is 5.75 Å². The van der Waals surface area contributed by atoms with Crippen molar-refractivity contribution in [1.29, 1.82) is 0 Å². The van der Waals surface area contributed by atoms with Crippen molar-refractivity contribution in [1.82, 2.24) is 5.43 Å². The lowest BCUT2D eigenvalue weighted by Gasteiger charge is -2.24. The van der Waals surface area contributed by atoms with E-state index in [9.17, 15) is 33.2 Å². The summed E-state index contributed by atoms with van der Waals surface area (Å²) in [7, 11) is -3.01. The molecule has 0 aromatic heterocycles. The number of methoxy groups -OCH3 is 1. The van der Waals surface area contributed by atoms with Gasteiger partial charge in [0.05, 0.1) is 34.4 Å². The average Bonchev–Trinajstić information content (AvgIpc) is 2.87. The van der Waals surface area contributed by atoms with Crippen LogP contribution in [0.5, 0.6) is 5.75 Å². The molecule has 0 fully saturated rings. The van der Waals surface area contributed by atoms with Crippen molar-refractivity contribution in [2.24, 2.45) is 5.10 Å². The van der Waals surface area contributed by atoms with E-state index < -0.39 is 33.4 Å². The van der Waals surface area contributed by atoms with Crippen LogP contribution in [0.15, 0.2) is 76.7 Å². The van der Waals surface area contributed by atoms with E-state index in [4.69, 9.17) is 4.74 Å². The maximum Gasteiger partial charge on any atom is 0.336 e. The molecular formula is C24H22N4O8S. The summed E-state index contributed by atoms with van der Waals surface area (Å²) in [5, 5.41) is 24.4. The first-order chi connectivity index (χ1) is 17.5. The summed E-state index contributed by atoms with van der Waals surface area (Å²) < 4.78 is 32.9. The number of benzene rings is 3. The highest BCUT2D eigenvalue weighted by molar-refractivity contribution is 7.92. The van der Waals surface area contributed by atoms with Crippen LogP contribution in [-0.4, -0.2) is 50.2 Å². The molecular weight excluding hydrogens is 504 g/mol. The number of amides is 1. The minimum absolute atomic E-state index is 0.0381. The summed E-state index contributed by atoms with van der Waals surface area (Å²) in [5.74, 6) is -1.58. The molecule has 1 amide bonds. The molecule has 0 bridgehead atoms. The number of aryl methyl sites for hydroxylation is 1. The van der Waals surface area contributed by atoms with Gasteiger partial charge in [-0.15, -0.1) is 0 Å². The molecule has 0 unspecified atom stereocenters. The van der Waals surface area contributed by atoms with Crippen LogP contribution in [0.2, 0.25) is 0 Å². The van der Waals surface area contributed by atoms with E-state index in [0.29, 0.717) is 5.75 Å². The molecule has 192 valence electrons. The number of nitro benzene ring substituents is 1. The Morgan fingerprint density at radius 2 is 1.81 bits per heavy atom. The molecule has 37 heavy (non-hydrogen) atoms. The van der Waals surface area contributed by atoms with Crippen molar-refractivity contribution in [2.45, 2.75) is 11.8 Å². The summed E-state index contributed by atoms with van der Waals surface area (Å²) >= 11 is 0. The second-order valence-electron chi connectivity index (χ2n) is 7.60. The number of carboxylic acids is 1. The van der Waals surface area contributed by atoms with Gasteiger partial charge in [0, 0.05) is 17.2 Å². The summed E-state index contributed by atoms with van der Waals surface area (Å²) in [6.45, 7) is 0.748. The smallest absolute Gasteiger partial charge is 0.336 e. The highest BCUT2D eigenvalue weighted by Gasteiger charge is 2.29. The Labute approximate surface area is 212 Å². The molecule has 3 aromatic rings. The van der Waals surface area contributed by atoms with Gasteiger partial charge in [-0.2, -0.15) is 5.10 Å². The van der Waals surface area contributed by atoms with E-state index in [2.05, 4.69) is 10.5 Å². The first-order valence-electron chi connectivity index (χ1n) is 10.6. The quantitative estimate of drug-likeness (QED) is 0.231. The fraction of sp³-hybridized carbons (Fsp3) is 0.125. The molecule has 0 heterocycles. The van der Waals surface area contributed by atoms with Crippen LogP contribution in [0, 0.1) is 17.0 Å². The molecule has 13 heteroatoms. The number of carbonyl (C=O) groups is 2. The van der Waals surface area contributed by atoms with Gasteiger partial charge in [-0.1, -0.05) is 24.3 Å². The highest BCUT2D eigenvalue weighted by atomic mass is 32.2.